The van der Waals surface area contributed by atoms with Gasteiger partial charge in [-0.05, 0) is 31.4 Å². The molecule has 24 heavy (non-hydrogen) atoms. The van der Waals surface area contributed by atoms with Crippen molar-refractivity contribution in [3.8, 4) is 0 Å². The summed E-state index contributed by atoms with van der Waals surface area (Å²) in [5.41, 5.74) is 1.78. The molecule has 134 valence electrons. The summed E-state index contributed by atoms with van der Waals surface area (Å²) in [6.45, 7) is 2.69. The van der Waals surface area contributed by atoms with E-state index in [9.17, 15) is 9.59 Å². The molecule has 1 amide bonds. The SMILES string of the molecule is Cc1ccccc1C(=O)NCCCCCCCCCCCC(=O)O. The van der Waals surface area contributed by atoms with Gasteiger partial charge in [0.2, 0.25) is 0 Å². The van der Waals surface area contributed by atoms with E-state index in [0.29, 0.717) is 6.42 Å². The van der Waals surface area contributed by atoms with Gasteiger partial charge in [0.1, 0.15) is 0 Å². The van der Waals surface area contributed by atoms with Crippen molar-refractivity contribution in [2.75, 3.05) is 6.54 Å². The zero-order valence-electron chi connectivity index (χ0n) is 14.9. The Morgan fingerprint density at radius 3 is 2.00 bits per heavy atom. The van der Waals surface area contributed by atoms with Gasteiger partial charge in [-0.3, -0.25) is 9.59 Å². The third-order valence-corrected chi connectivity index (χ3v) is 4.24. The molecule has 0 aliphatic rings. The molecule has 0 bridgehead atoms. The fourth-order valence-electron chi connectivity index (χ4n) is 2.76. The van der Waals surface area contributed by atoms with Crippen LogP contribution in [0, 0.1) is 6.92 Å². The zero-order chi connectivity index (χ0) is 17.6. The first kappa shape index (κ1) is 20.2. The topological polar surface area (TPSA) is 66.4 Å². The Labute approximate surface area is 145 Å². The Bertz CT molecular complexity index is 499. The van der Waals surface area contributed by atoms with Gasteiger partial charge in [0, 0.05) is 18.5 Å². The van der Waals surface area contributed by atoms with Crippen LogP contribution >= 0.6 is 0 Å². The van der Waals surface area contributed by atoms with E-state index in [4.69, 9.17) is 5.11 Å². The molecule has 1 aromatic rings. The average molecular weight is 333 g/mol. The van der Waals surface area contributed by atoms with Crippen LogP contribution in [0.5, 0.6) is 0 Å². The number of rotatable bonds is 13. The number of benzene rings is 1. The van der Waals surface area contributed by atoms with E-state index in [2.05, 4.69) is 5.32 Å². The number of hydrogen-bond acceptors (Lipinski definition) is 2. The van der Waals surface area contributed by atoms with Crippen LogP contribution < -0.4 is 5.32 Å². The summed E-state index contributed by atoms with van der Waals surface area (Å²) in [6.07, 6.45) is 10.3. The number of carbonyl (C=O) groups excluding carboxylic acids is 1. The summed E-state index contributed by atoms with van der Waals surface area (Å²) < 4.78 is 0. The molecule has 0 heterocycles. The molecule has 0 saturated carbocycles. The molecular weight excluding hydrogens is 302 g/mol. The van der Waals surface area contributed by atoms with Crippen molar-refractivity contribution in [3.63, 3.8) is 0 Å². The maximum Gasteiger partial charge on any atom is 0.303 e. The minimum atomic E-state index is -0.690. The predicted octanol–water partition coefficient (Wildman–Crippen LogP) is 4.71. The highest BCUT2D eigenvalue weighted by molar-refractivity contribution is 5.95. The van der Waals surface area contributed by atoms with Crippen molar-refractivity contribution < 1.29 is 14.7 Å². The molecule has 0 aliphatic heterocycles. The van der Waals surface area contributed by atoms with E-state index in [1.165, 1.54) is 25.7 Å². The Kier molecular flexibility index (Phi) is 10.6. The molecule has 0 atom stereocenters. The van der Waals surface area contributed by atoms with E-state index in [1.807, 2.05) is 31.2 Å². The summed E-state index contributed by atoms with van der Waals surface area (Å²) in [6, 6.07) is 7.65. The van der Waals surface area contributed by atoms with Gasteiger partial charge in [0.25, 0.3) is 5.91 Å². The van der Waals surface area contributed by atoms with Crippen LogP contribution in [-0.2, 0) is 4.79 Å². The number of amides is 1. The zero-order valence-corrected chi connectivity index (χ0v) is 14.9. The number of carboxylic acid groups (broad SMARTS) is 1. The molecule has 0 aliphatic carbocycles. The summed E-state index contributed by atoms with van der Waals surface area (Å²) in [5.74, 6) is -0.668. The molecule has 4 nitrogen and oxygen atoms in total. The molecular formula is C20H31NO3. The molecule has 1 aromatic carbocycles. The van der Waals surface area contributed by atoms with Crippen LogP contribution in [0.1, 0.15) is 80.1 Å². The van der Waals surface area contributed by atoms with Crippen LogP contribution in [-0.4, -0.2) is 23.5 Å². The summed E-state index contributed by atoms with van der Waals surface area (Å²) in [5, 5.41) is 11.5. The normalized spacial score (nSPS) is 10.5. The van der Waals surface area contributed by atoms with Crippen LogP contribution in [0.25, 0.3) is 0 Å². The lowest BCUT2D eigenvalue weighted by Crippen LogP contribution is -2.25. The van der Waals surface area contributed by atoms with Crippen molar-refractivity contribution in [1.29, 1.82) is 0 Å². The highest BCUT2D eigenvalue weighted by Gasteiger charge is 2.06. The largest absolute Gasteiger partial charge is 0.481 e. The summed E-state index contributed by atoms with van der Waals surface area (Å²) in [4.78, 5) is 22.4. The van der Waals surface area contributed by atoms with E-state index in [-0.39, 0.29) is 5.91 Å². The highest BCUT2D eigenvalue weighted by atomic mass is 16.4. The van der Waals surface area contributed by atoms with Gasteiger partial charge in [-0.2, -0.15) is 0 Å². The van der Waals surface area contributed by atoms with E-state index in [0.717, 1.165) is 49.8 Å². The van der Waals surface area contributed by atoms with E-state index < -0.39 is 5.97 Å². The van der Waals surface area contributed by atoms with E-state index >= 15 is 0 Å². The lowest BCUT2D eigenvalue weighted by Gasteiger charge is -2.07. The number of aliphatic carboxylic acids is 1. The van der Waals surface area contributed by atoms with Crippen LogP contribution in [0.15, 0.2) is 24.3 Å². The number of aryl methyl sites for hydroxylation is 1. The Balaban J connectivity index is 1.91. The van der Waals surface area contributed by atoms with Gasteiger partial charge in [-0.15, -0.1) is 0 Å². The first-order chi connectivity index (χ1) is 11.6. The van der Waals surface area contributed by atoms with E-state index in [1.54, 1.807) is 0 Å². The molecule has 2 N–H and O–H groups in total. The number of unbranched alkanes of at least 4 members (excludes halogenated alkanes) is 8. The molecule has 0 unspecified atom stereocenters. The first-order valence-electron chi connectivity index (χ1n) is 9.17. The smallest absolute Gasteiger partial charge is 0.303 e. The lowest BCUT2D eigenvalue weighted by molar-refractivity contribution is -0.137. The monoisotopic (exact) mass is 333 g/mol. The van der Waals surface area contributed by atoms with Crippen LogP contribution in [0.4, 0.5) is 0 Å². The first-order valence-corrected chi connectivity index (χ1v) is 9.17. The van der Waals surface area contributed by atoms with Gasteiger partial charge in [0.15, 0.2) is 0 Å². The van der Waals surface area contributed by atoms with Crippen molar-refractivity contribution in [3.05, 3.63) is 35.4 Å². The predicted molar refractivity (Wildman–Crippen MR) is 97.3 cm³/mol. The molecule has 4 heteroatoms. The van der Waals surface area contributed by atoms with Crippen molar-refractivity contribution in [2.24, 2.45) is 0 Å². The van der Waals surface area contributed by atoms with Crippen molar-refractivity contribution >= 4 is 11.9 Å². The van der Waals surface area contributed by atoms with Gasteiger partial charge < -0.3 is 10.4 Å². The second-order valence-electron chi connectivity index (χ2n) is 6.40. The number of nitrogens with one attached hydrogen (secondary N) is 1. The highest BCUT2D eigenvalue weighted by Crippen LogP contribution is 2.11. The lowest BCUT2D eigenvalue weighted by atomic mass is 10.1. The third-order valence-electron chi connectivity index (χ3n) is 4.24. The summed E-state index contributed by atoms with van der Waals surface area (Å²) in [7, 11) is 0. The fraction of sp³-hybridized carbons (Fsp3) is 0.600. The number of carboxylic acids is 1. The quantitative estimate of drug-likeness (QED) is 0.514. The molecule has 0 saturated heterocycles. The second kappa shape index (κ2) is 12.6. The Morgan fingerprint density at radius 1 is 0.875 bits per heavy atom. The average Bonchev–Trinajstić information content (AvgIpc) is 2.55. The number of hydrogen-bond donors (Lipinski definition) is 2. The molecule has 0 radical (unpaired) electrons. The van der Waals surface area contributed by atoms with Crippen LogP contribution in [0.2, 0.25) is 0 Å². The van der Waals surface area contributed by atoms with Gasteiger partial charge in [-0.1, -0.05) is 63.1 Å². The second-order valence-corrected chi connectivity index (χ2v) is 6.40. The molecule has 1 rings (SSSR count). The fourth-order valence-corrected chi connectivity index (χ4v) is 2.76. The number of carbonyl (C=O) groups is 2. The Morgan fingerprint density at radius 2 is 1.42 bits per heavy atom. The van der Waals surface area contributed by atoms with Gasteiger partial charge >= 0.3 is 5.97 Å². The standard InChI is InChI=1S/C20H31NO3/c1-17-13-10-11-14-18(17)20(24)21-16-12-8-6-4-2-3-5-7-9-15-19(22)23/h10-11,13-14H,2-9,12,15-16H2,1H3,(H,21,24)(H,22,23). The Hall–Kier alpha value is -1.84. The maximum atomic E-state index is 12.0. The third kappa shape index (κ3) is 9.33. The molecule has 0 spiro atoms. The minimum Gasteiger partial charge on any atom is -0.481 e. The van der Waals surface area contributed by atoms with Gasteiger partial charge in [0.05, 0.1) is 0 Å². The van der Waals surface area contributed by atoms with Gasteiger partial charge in [-0.25, -0.2) is 0 Å². The minimum absolute atomic E-state index is 0.0226. The summed E-state index contributed by atoms with van der Waals surface area (Å²) >= 11 is 0. The molecule has 0 fully saturated rings. The van der Waals surface area contributed by atoms with Crippen molar-refractivity contribution in [1.82, 2.24) is 5.32 Å². The maximum absolute atomic E-state index is 12.0. The van der Waals surface area contributed by atoms with Crippen molar-refractivity contribution in [2.45, 2.75) is 71.1 Å². The molecule has 0 aromatic heterocycles. The van der Waals surface area contributed by atoms with Crippen LogP contribution in [0.3, 0.4) is 0 Å².